The maximum absolute atomic E-state index is 13.1. The highest BCUT2D eigenvalue weighted by atomic mass is 16.6. The van der Waals surface area contributed by atoms with E-state index in [1.807, 2.05) is 84.9 Å². The van der Waals surface area contributed by atoms with Gasteiger partial charge in [0.1, 0.15) is 18.5 Å². The van der Waals surface area contributed by atoms with Crippen LogP contribution in [0.25, 0.3) is 0 Å². The van der Waals surface area contributed by atoms with Crippen LogP contribution in [-0.2, 0) is 4.74 Å². The first-order valence-electron chi connectivity index (χ1n) is 8.60. The van der Waals surface area contributed by atoms with Gasteiger partial charge in [0.05, 0.1) is 6.61 Å². The minimum absolute atomic E-state index is 0.0724. The molecule has 1 heterocycles. The van der Waals surface area contributed by atoms with Gasteiger partial charge in [0.15, 0.2) is 0 Å². The van der Waals surface area contributed by atoms with Crippen molar-refractivity contribution in [1.82, 2.24) is 0 Å². The van der Waals surface area contributed by atoms with Crippen LogP contribution in [0.4, 0.5) is 11.4 Å². The molecule has 130 valence electrons. The van der Waals surface area contributed by atoms with Gasteiger partial charge in [-0.25, -0.2) is 0 Å². The van der Waals surface area contributed by atoms with E-state index in [2.05, 4.69) is 0 Å². The zero-order valence-corrected chi connectivity index (χ0v) is 14.2. The maximum atomic E-state index is 13.1. The lowest BCUT2D eigenvalue weighted by Crippen LogP contribution is -2.25. The predicted octanol–water partition coefficient (Wildman–Crippen LogP) is 4.44. The summed E-state index contributed by atoms with van der Waals surface area (Å²) in [5.41, 5.74) is 2.25. The van der Waals surface area contributed by atoms with E-state index in [0.29, 0.717) is 12.2 Å². The molecule has 0 aliphatic carbocycles. The van der Waals surface area contributed by atoms with E-state index in [1.54, 1.807) is 4.90 Å². The summed E-state index contributed by atoms with van der Waals surface area (Å²) in [6.07, 6.45) is 0.218. The molecule has 0 aromatic heterocycles. The van der Waals surface area contributed by atoms with Gasteiger partial charge in [0.25, 0.3) is 5.91 Å². The summed E-state index contributed by atoms with van der Waals surface area (Å²) in [7, 11) is 0. The molecule has 1 aliphatic rings. The monoisotopic (exact) mass is 345 g/mol. The first-order valence-corrected chi connectivity index (χ1v) is 8.60. The number of amides is 1. The highest BCUT2D eigenvalue weighted by Gasteiger charge is 2.23. The predicted molar refractivity (Wildman–Crippen MR) is 101 cm³/mol. The SMILES string of the molecule is O=C(c1ccccc1)N(c1ccccc1)c1ccc(OCC2CO2)cc1. The average molecular weight is 345 g/mol. The number of carbonyl (C=O) groups is 1. The summed E-state index contributed by atoms with van der Waals surface area (Å²) in [5.74, 6) is 0.696. The van der Waals surface area contributed by atoms with Gasteiger partial charge in [0, 0.05) is 16.9 Å². The summed E-state index contributed by atoms with van der Waals surface area (Å²) in [4.78, 5) is 14.8. The summed E-state index contributed by atoms with van der Waals surface area (Å²) in [5, 5.41) is 0. The third kappa shape index (κ3) is 3.76. The summed E-state index contributed by atoms with van der Waals surface area (Å²) in [6, 6.07) is 26.5. The van der Waals surface area contributed by atoms with Crippen molar-refractivity contribution in [2.45, 2.75) is 6.10 Å². The number of hydrogen-bond donors (Lipinski definition) is 0. The second kappa shape index (κ2) is 7.42. The van der Waals surface area contributed by atoms with Crippen molar-refractivity contribution in [3.05, 3.63) is 90.5 Å². The van der Waals surface area contributed by atoms with Gasteiger partial charge in [-0.1, -0.05) is 36.4 Å². The van der Waals surface area contributed by atoms with E-state index in [-0.39, 0.29) is 12.0 Å². The molecule has 1 atom stereocenters. The Hall–Kier alpha value is -3.11. The van der Waals surface area contributed by atoms with Crippen LogP contribution in [0.1, 0.15) is 10.4 Å². The van der Waals surface area contributed by atoms with Crippen molar-refractivity contribution >= 4 is 17.3 Å². The first-order chi connectivity index (χ1) is 12.8. The molecule has 3 aromatic carbocycles. The Morgan fingerprint density at radius 1 is 0.885 bits per heavy atom. The maximum Gasteiger partial charge on any atom is 0.262 e. The molecular formula is C22H19NO3. The number of benzene rings is 3. The Bertz CT molecular complexity index is 859. The molecule has 4 rings (SSSR count). The molecule has 3 aromatic rings. The Morgan fingerprint density at radius 3 is 2.08 bits per heavy atom. The summed E-state index contributed by atoms with van der Waals surface area (Å²) in [6.45, 7) is 1.33. The second-order valence-corrected chi connectivity index (χ2v) is 6.10. The van der Waals surface area contributed by atoms with Crippen LogP contribution < -0.4 is 9.64 Å². The Morgan fingerprint density at radius 2 is 1.46 bits per heavy atom. The van der Waals surface area contributed by atoms with Crippen molar-refractivity contribution in [3.63, 3.8) is 0 Å². The number of anilines is 2. The standard InChI is InChI=1S/C22H19NO3/c24-22(17-7-3-1-4-8-17)23(18-9-5-2-6-10-18)19-11-13-20(14-12-19)25-15-21-16-26-21/h1-14,21H,15-16H2. The van der Waals surface area contributed by atoms with Crippen LogP contribution in [-0.4, -0.2) is 25.2 Å². The molecule has 4 nitrogen and oxygen atoms in total. The van der Waals surface area contributed by atoms with E-state index in [9.17, 15) is 4.79 Å². The van der Waals surface area contributed by atoms with Crippen molar-refractivity contribution < 1.29 is 14.3 Å². The number of rotatable bonds is 6. The molecule has 0 saturated carbocycles. The molecule has 26 heavy (non-hydrogen) atoms. The highest BCUT2D eigenvalue weighted by Crippen LogP contribution is 2.29. The molecule has 0 bridgehead atoms. The molecule has 4 heteroatoms. The Labute approximate surface area is 152 Å². The second-order valence-electron chi connectivity index (χ2n) is 6.10. The Balaban J connectivity index is 1.63. The number of epoxide rings is 1. The lowest BCUT2D eigenvalue weighted by molar-refractivity contribution is 0.0999. The molecule has 1 fully saturated rings. The van der Waals surface area contributed by atoms with Gasteiger partial charge in [-0.2, -0.15) is 0 Å². The zero-order chi connectivity index (χ0) is 17.8. The normalized spacial score (nSPS) is 15.3. The van der Waals surface area contributed by atoms with E-state index in [0.717, 1.165) is 23.7 Å². The molecule has 1 saturated heterocycles. The van der Waals surface area contributed by atoms with E-state index >= 15 is 0 Å². The molecule has 1 amide bonds. The van der Waals surface area contributed by atoms with Crippen molar-refractivity contribution in [2.75, 3.05) is 18.1 Å². The number of hydrogen-bond acceptors (Lipinski definition) is 3. The minimum atomic E-state index is -0.0724. The fourth-order valence-electron chi connectivity index (χ4n) is 2.72. The Kier molecular flexibility index (Phi) is 4.67. The van der Waals surface area contributed by atoms with Crippen LogP contribution in [0.3, 0.4) is 0 Å². The third-order valence-corrected chi connectivity index (χ3v) is 4.17. The van der Waals surface area contributed by atoms with Crippen molar-refractivity contribution in [1.29, 1.82) is 0 Å². The topological polar surface area (TPSA) is 42.1 Å². The highest BCUT2D eigenvalue weighted by molar-refractivity contribution is 6.10. The van der Waals surface area contributed by atoms with Crippen LogP contribution in [0.2, 0.25) is 0 Å². The van der Waals surface area contributed by atoms with E-state index in [1.165, 1.54) is 0 Å². The van der Waals surface area contributed by atoms with Crippen LogP contribution in [0.5, 0.6) is 5.75 Å². The summed E-state index contributed by atoms with van der Waals surface area (Å²) < 4.78 is 10.8. The van der Waals surface area contributed by atoms with Gasteiger partial charge in [-0.15, -0.1) is 0 Å². The van der Waals surface area contributed by atoms with E-state index < -0.39 is 0 Å². The zero-order valence-electron chi connectivity index (χ0n) is 14.2. The smallest absolute Gasteiger partial charge is 0.262 e. The molecule has 1 aliphatic heterocycles. The van der Waals surface area contributed by atoms with Crippen molar-refractivity contribution in [3.8, 4) is 5.75 Å². The molecule has 1 unspecified atom stereocenters. The number of ether oxygens (including phenoxy) is 2. The minimum Gasteiger partial charge on any atom is -0.491 e. The van der Waals surface area contributed by atoms with Gasteiger partial charge >= 0.3 is 0 Å². The number of para-hydroxylation sites is 1. The number of nitrogens with zero attached hydrogens (tertiary/aromatic N) is 1. The molecule has 0 spiro atoms. The fraction of sp³-hybridized carbons (Fsp3) is 0.136. The van der Waals surface area contributed by atoms with Crippen LogP contribution >= 0.6 is 0 Å². The number of carbonyl (C=O) groups excluding carboxylic acids is 1. The van der Waals surface area contributed by atoms with Gasteiger partial charge in [-0.05, 0) is 48.5 Å². The average Bonchev–Trinajstić information content (AvgIpc) is 3.53. The van der Waals surface area contributed by atoms with Gasteiger partial charge in [-0.3, -0.25) is 9.69 Å². The largest absolute Gasteiger partial charge is 0.491 e. The van der Waals surface area contributed by atoms with Gasteiger partial charge in [0.2, 0.25) is 0 Å². The summed E-state index contributed by atoms with van der Waals surface area (Å²) >= 11 is 0. The third-order valence-electron chi connectivity index (χ3n) is 4.17. The molecule has 0 radical (unpaired) electrons. The fourth-order valence-corrected chi connectivity index (χ4v) is 2.72. The molecular weight excluding hydrogens is 326 g/mol. The lowest BCUT2D eigenvalue weighted by Gasteiger charge is -2.23. The first kappa shape index (κ1) is 16.4. The van der Waals surface area contributed by atoms with Crippen LogP contribution in [0, 0.1) is 0 Å². The van der Waals surface area contributed by atoms with Crippen LogP contribution in [0.15, 0.2) is 84.9 Å². The van der Waals surface area contributed by atoms with Crippen molar-refractivity contribution in [2.24, 2.45) is 0 Å². The molecule has 0 N–H and O–H groups in total. The van der Waals surface area contributed by atoms with E-state index in [4.69, 9.17) is 9.47 Å². The van der Waals surface area contributed by atoms with Gasteiger partial charge < -0.3 is 9.47 Å². The lowest BCUT2D eigenvalue weighted by atomic mass is 10.1. The quantitative estimate of drug-likeness (QED) is 0.620.